The van der Waals surface area contributed by atoms with Crippen molar-refractivity contribution in [1.82, 2.24) is 4.98 Å². The maximum Gasteiger partial charge on any atom is 0.433 e. The highest BCUT2D eigenvalue weighted by Gasteiger charge is 2.32. The zero-order valence-corrected chi connectivity index (χ0v) is 7.89. The Bertz CT molecular complexity index is 307. The molecule has 0 unspecified atom stereocenters. The quantitative estimate of drug-likeness (QED) is 0.801. The van der Waals surface area contributed by atoms with Crippen LogP contribution in [-0.4, -0.2) is 11.0 Å². The normalized spacial score (nSPS) is 11.9. The Labute approximate surface area is 80.2 Å². The van der Waals surface area contributed by atoms with Crippen molar-refractivity contribution in [2.45, 2.75) is 26.1 Å². The second kappa shape index (κ2) is 3.86. The van der Waals surface area contributed by atoms with Crippen molar-refractivity contribution in [3.63, 3.8) is 0 Å². The molecule has 1 aromatic rings. The molecule has 0 fully saturated rings. The fraction of sp³-hybridized carbons (Fsp3) is 0.444. The van der Waals surface area contributed by atoms with Gasteiger partial charge in [-0.1, -0.05) is 0 Å². The van der Waals surface area contributed by atoms with E-state index >= 15 is 0 Å². The number of halogens is 3. The van der Waals surface area contributed by atoms with Crippen molar-refractivity contribution >= 4 is 5.69 Å². The Morgan fingerprint density at radius 1 is 1.36 bits per heavy atom. The molecule has 2 nitrogen and oxygen atoms in total. The monoisotopic (exact) mass is 204 g/mol. The fourth-order valence-corrected chi connectivity index (χ4v) is 1.01. The number of alkyl halides is 3. The molecule has 0 radical (unpaired) electrons. The predicted octanol–water partition coefficient (Wildman–Crippen LogP) is 2.92. The maximum absolute atomic E-state index is 12.2. The first-order chi connectivity index (χ1) is 6.39. The highest BCUT2D eigenvalue weighted by atomic mass is 19.4. The van der Waals surface area contributed by atoms with Crippen LogP contribution in [0.25, 0.3) is 0 Å². The average Bonchev–Trinajstić information content (AvgIpc) is 2.01. The van der Waals surface area contributed by atoms with Crippen molar-refractivity contribution in [2.75, 3.05) is 5.32 Å². The van der Waals surface area contributed by atoms with Gasteiger partial charge in [0.05, 0.1) is 0 Å². The fourth-order valence-electron chi connectivity index (χ4n) is 1.01. The number of rotatable bonds is 2. The zero-order chi connectivity index (χ0) is 10.8. The molecular weight excluding hydrogens is 193 g/mol. The Hall–Kier alpha value is -1.26. The standard InChI is InChI=1S/C9H11F3N2/c1-6(2)14-7-3-4-13-8(5-7)9(10,11)12/h3-6H,1-2H3,(H,13,14). The maximum atomic E-state index is 12.2. The third-order valence-corrected chi connectivity index (χ3v) is 1.51. The van der Waals surface area contributed by atoms with Crippen molar-refractivity contribution in [3.8, 4) is 0 Å². The molecule has 1 rings (SSSR count). The summed E-state index contributed by atoms with van der Waals surface area (Å²) in [5.41, 5.74) is -0.439. The molecule has 0 saturated heterocycles. The van der Waals surface area contributed by atoms with Crippen molar-refractivity contribution in [3.05, 3.63) is 24.0 Å². The van der Waals surface area contributed by atoms with Crippen molar-refractivity contribution in [2.24, 2.45) is 0 Å². The van der Waals surface area contributed by atoms with Crippen molar-refractivity contribution in [1.29, 1.82) is 0 Å². The summed E-state index contributed by atoms with van der Waals surface area (Å²) < 4.78 is 36.6. The van der Waals surface area contributed by atoms with Crippen molar-refractivity contribution < 1.29 is 13.2 Å². The van der Waals surface area contributed by atoms with E-state index < -0.39 is 11.9 Å². The third kappa shape index (κ3) is 2.90. The summed E-state index contributed by atoms with van der Waals surface area (Å²) in [5.74, 6) is 0. The molecule has 0 aliphatic carbocycles. The number of nitrogens with one attached hydrogen (secondary N) is 1. The van der Waals surface area contributed by atoms with Crippen LogP contribution < -0.4 is 5.32 Å². The molecular formula is C9H11F3N2. The molecule has 0 saturated carbocycles. The van der Waals surface area contributed by atoms with Gasteiger partial charge in [-0.25, -0.2) is 0 Å². The number of pyridine rings is 1. The van der Waals surface area contributed by atoms with Crippen LogP contribution >= 0.6 is 0 Å². The van der Waals surface area contributed by atoms with Crippen LogP contribution in [0, 0.1) is 0 Å². The minimum atomic E-state index is -4.38. The lowest BCUT2D eigenvalue weighted by Crippen LogP contribution is -2.12. The van der Waals surface area contributed by atoms with Gasteiger partial charge in [0.15, 0.2) is 0 Å². The van der Waals surface area contributed by atoms with Crippen LogP contribution in [0.2, 0.25) is 0 Å². The van der Waals surface area contributed by atoms with Gasteiger partial charge >= 0.3 is 6.18 Å². The molecule has 1 N–H and O–H groups in total. The molecule has 78 valence electrons. The van der Waals surface area contributed by atoms with E-state index in [2.05, 4.69) is 10.3 Å². The molecule has 5 heteroatoms. The van der Waals surface area contributed by atoms with Gasteiger partial charge in [0, 0.05) is 17.9 Å². The molecule has 0 amide bonds. The van der Waals surface area contributed by atoms with Gasteiger partial charge in [0.25, 0.3) is 0 Å². The minimum absolute atomic E-state index is 0.0958. The van der Waals surface area contributed by atoms with E-state index in [-0.39, 0.29) is 6.04 Å². The Morgan fingerprint density at radius 3 is 2.50 bits per heavy atom. The summed E-state index contributed by atoms with van der Waals surface area (Å²) in [6.07, 6.45) is -3.23. The largest absolute Gasteiger partial charge is 0.433 e. The van der Waals surface area contributed by atoms with Crippen LogP contribution in [0.3, 0.4) is 0 Å². The first-order valence-corrected chi connectivity index (χ1v) is 4.19. The van der Waals surface area contributed by atoms with Gasteiger partial charge < -0.3 is 5.32 Å². The number of hydrogen-bond donors (Lipinski definition) is 1. The SMILES string of the molecule is CC(C)Nc1ccnc(C(F)(F)F)c1. The molecule has 0 atom stereocenters. The first-order valence-electron chi connectivity index (χ1n) is 4.19. The summed E-state index contributed by atoms with van der Waals surface area (Å²) in [4.78, 5) is 3.25. The highest BCUT2D eigenvalue weighted by Crippen LogP contribution is 2.28. The van der Waals surface area contributed by atoms with E-state index in [9.17, 15) is 13.2 Å². The molecule has 0 aromatic carbocycles. The van der Waals surface area contributed by atoms with Gasteiger partial charge in [-0.2, -0.15) is 13.2 Å². The van der Waals surface area contributed by atoms with Gasteiger partial charge in [-0.05, 0) is 26.0 Å². The van der Waals surface area contributed by atoms with Gasteiger partial charge in [-0.15, -0.1) is 0 Å². The van der Waals surface area contributed by atoms with Crippen LogP contribution in [0.4, 0.5) is 18.9 Å². The molecule has 0 bridgehead atoms. The smallest absolute Gasteiger partial charge is 0.383 e. The van der Waals surface area contributed by atoms with Crippen LogP contribution in [0.1, 0.15) is 19.5 Å². The topological polar surface area (TPSA) is 24.9 Å². The number of nitrogens with zero attached hydrogens (tertiary/aromatic N) is 1. The Balaban J connectivity index is 2.90. The number of aromatic nitrogens is 1. The molecule has 0 aliphatic rings. The molecule has 0 aliphatic heterocycles. The lowest BCUT2D eigenvalue weighted by Gasteiger charge is -2.11. The average molecular weight is 204 g/mol. The summed E-state index contributed by atoms with van der Waals surface area (Å²) in [5, 5.41) is 2.88. The molecule has 14 heavy (non-hydrogen) atoms. The van der Waals surface area contributed by atoms with Crippen LogP contribution in [0.15, 0.2) is 18.3 Å². The van der Waals surface area contributed by atoms with Crippen LogP contribution in [-0.2, 0) is 6.18 Å². The second-order valence-electron chi connectivity index (χ2n) is 3.23. The molecule has 1 heterocycles. The first kappa shape index (κ1) is 10.8. The van der Waals surface area contributed by atoms with Gasteiger partial charge in [-0.3, -0.25) is 4.98 Å². The summed E-state index contributed by atoms with van der Waals surface area (Å²) in [7, 11) is 0. The third-order valence-electron chi connectivity index (χ3n) is 1.51. The van der Waals surface area contributed by atoms with E-state index in [0.717, 1.165) is 12.3 Å². The molecule has 0 spiro atoms. The van der Waals surface area contributed by atoms with Gasteiger partial charge in [0.1, 0.15) is 5.69 Å². The van der Waals surface area contributed by atoms with E-state index in [1.165, 1.54) is 6.07 Å². The van der Waals surface area contributed by atoms with Crippen LogP contribution in [0.5, 0.6) is 0 Å². The predicted molar refractivity (Wildman–Crippen MR) is 48.0 cm³/mol. The minimum Gasteiger partial charge on any atom is -0.383 e. The number of hydrogen-bond acceptors (Lipinski definition) is 2. The number of anilines is 1. The van der Waals surface area contributed by atoms with E-state index in [1.807, 2.05) is 13.8 Å². The summed E-state index contributed by atoms with van der Waals surface area (Å²) >= 11 is 0. The van der Waals surface area contributed by atoms with Gasteiger partial charge in [0.2, 0.25) is 0 Å². The van der Waals surface area contributed by atoms with E-state index in [1.54, 1.807) is 0 Å². The Kier molecular flexibility index (Phi) is 2.98. The van der Waals surface area contributed by atoms with E-state index in [4.69, 9.17) is 0 Å². The zero-order valence-electron chi connectivity index (χ0n) is 7.89. The highest BCUT2D eigenvalue weighted by molar-refractivity contribution is 5.44. The summed E-state index contributed by atoms with van der Waals surface area (Å²) in [6.45, 7) is 3.71. The lowest BCUT2D eigenvalue weighted by molar-refractivity contribution is -0.141. The summed E-state index contributed by atoms with van der Waals surface area (Å²) in [6, 6.07) is 2.60. The lowest BCUT2D eigenvalue weighted by atomic mass is 10.3. The Morgan fingerprint density at radius 2 is 2.00 bits per heavy atom. The second-order valence-corrected chi connectivity index (χ2v) is 3.23. The van der Waals surface area contributed by atoms with E-state index in [0.29, 0.717) is 5.69 Å². The molecule has 1 aromatic heterocycles.